The van der Waals surface area contributed by atoms with Crippen LogP contribution >= 0.6 is 27.7 Å². The number of rotatable bonds is 5. The van der Waals surface area contributed by atoms with Crippen molar-refractivity contribution in [2.75, 3.05) is 0 Å². The Labute approximate surface area is 178 Å². The lowest BCUT2D eigenvalue weighted by atomic mass is 10.1. The number of hydrogen-bond donors (Lipinski definition) is 1. The summed E-state index contributed by atoms with van der Waals surface area (Å²) in [5.74, 6) is -0.222. The van der Waals surface area contributed by atoms with Crippen LogP contribution < -0.4 is 10.1 Å². The summed E-state index contributed by atoms with van der Waals surface area (Å²) < 4.78 is 6.65. The topological polar surface area (TPSA) is 111 Å². The number of nitro benzene ring substituents is 1. The minimum absolute atomic E-state index is 0.00885. The Morgan fingerprint density at radius 2 is 2.03 bits per heavy atom. The van der Waals surface area contributed by atoms with Crippen molar-refractivity contribution < 1.29 is 19.2 Å². The van der Waals surface area contributed by atoms with Crippen molar-refractivity contribution in [3.63, 3.8) is 0 Å². The third-order valence-electron chi connectivity index (χ3n) is 3.70. The van der Waals surface area contributed by atoms with Gasteiger partial charge in [0, 0.05) is 29.1 Å². The number of nitrogens with zero attached hydrogens (tertiary/aromatic N) is 2. The zero-order valence-corrected chi connectivity index (χ0v) is 17.5. The summed E-state index contributed by atoms with van der Waals surface area (Å²) in [5.41, 5.74) is 1.42. The molecule has 2 aromatic rings. The number of nitrogens with one attached hydrogen (secondary N) is 1. The van der Waals surface area contributed by atoms with Gasteiger partial charge >= 0.3 is 0 Å². The number of thioether (sulfide) groups is 1. The van der Waals surface area contributed by atoms with Gasteiger partial charge in [-0.15, -0.1) is 0 Å². The number of hydrogen-bond acceptors (Lipinski definition) is 6. The van der Waals surface area contributed by atoms with Gasteiger partial charge in [0.1, 0.15) is 12.4 Å². The summed E-state index contributed by atoms with van der Waals surface area (Å²) >= 11 is 4.47. The van der Waals surface area contributed by atoms with Crippen molar-refractivity contribution in [2.24, 2.45) is 4.99 Å². The lowest BCUT2D eigenvalue weighted by molar-refractivity contribution is -0.384. The van der Waals surface area contributed by atoms with Gasteiger partial charge in [0.05, 0.1) is 9.83 Å². The number of non-ortho nitro benzene ring substituents is 1. The Bertz CT molecular complexity index is 1050. The molecule has 148 valence electrons. The number of ether oxygens (including phenoxy) is 1. The number of nitro groups is 1. The highest BCUT2D eigenvalue weighted by Gasteiger charge is 2.23. The van der Waals surface area contributed by atoms with Gasteiger partial charge in [-0.3, -0.25) is 19.7 Å². The smallest absolute Gasteiger partial charge is 0.286 e. The van der Waals surface area contributed by atoms with Crippen molar-refractivity contribution in [1.82, 2.24) is 5.32 Å². The summed E-state index contributed by atoms with van der Waals surface area (Å²) in [6, 6.07) is 11.4. The highest BCUT2D eigenvalue weighted by molar-refractivity contribution is 9.10. The van der Waals surface area contributed by atoms with Gasteiger partial charge in [0.15, 0.2) is 5.17 Å². The molecule has 0 fully saturated rings. The summed E-state index contributed by atoms with van der Waals surface area (Å²) in [5, 5.41) is 13.5. The van der Waals surface area contributed by atoms with Crippen molar-refractivity contribution in [2.45, 2.75) is 13.5 Å². The molecule has 1 N–H and O–H groups in total. The molecule has 10 heteroatoms. The van der Waals surface area contributed by atoms with Gasteiger partial charge in [-0.05, 0) is 53.7 Å². The van der Waals surface area contributed by atoms with Crippen LogP contribution in [0.3, 0.4) is 0 Å². The van der Waals surface area contributed by atoms with E-state index in [-0.39, 0.29) is 23.4 Å². The Balaban J connectivity index is 1.77. The zero-order chi connectivity index (χ0) is 21.0. The van der Waals surface area contributed by atoms with E-state index >= 15 is 0 Å². The van der Waals surface area contributed by atoms with Gasteiger partial charge < -0.3 is 10.1 Å². The fourth-order valence-electron chi connectivity index (χ4n) is 2.39. The molecule has 0 atom stereocenters. The van der Waals surface area contributed by atoms with E-state index < -0.39 is 10.8 Å². The Hall–Kier alpha value is -2.98. The number of halogens is 1. The van der Waals surface area contributed by atoms with Crippen molar-refractivity contribution in [3.05, 3.63) is 73.1 Å². The quantitative estimate of drug-likeness (QED) is 0.396. The first-order chi connectivity index (χ1) is 13.8. The second-order valence-corrected chi connectivity index (χ2v) is 7.85. The van der Waals surface area contributed by atoms with Crippen LogP contribution in [0, 0.1) is 10.1 Å². The van der Waals surface area contributed by atoms with E-state index in [4.69, 9.17) is 4.74 Å². The van der Waals surface area contributed by atoms with E-state index in [0.717, 1.165) is 21.8 Å². The lowest BCUT2D eigenvalue weighted by Gasteiger charge is -2.10. The second kappa shape index (κ2) is 9.01. The van der Waals surface area contributed by atoms with Crippen LogP contribution in [0.15, 0.2) is 56.8 Å². The number of amidine groups is 1. The molecule has 0 bridgehead atoms. The monoisotopic (exact) mass is 475 g/mol. The fourth-order valence-corrected chi connectivity index (χ4v) is 3.62. The molecule has 0 saturated heterocycles. The molecule has 2 amide bonds. The van der Waals surface area contributed by atoms with Gasteiger partial charge in [-0.25, -0.2) is 0 Å². The Morgan fingerprint density at radius 3 is 2.69 bits per heavy atom. The third-order valence-corrected chi connectivity index (χ3v) is 5.10. The summed E-state index contributed by atoms with van der Waals surface area (Å²) in [7, 11) is 0. The molecule has 3 rings (SSSR count). The maximum atomic E-state index is 12.1. The summed E-state index contributed by atoms with van der Waals surface area (Å²) in [4.78, 5) is 37.7. The maximum Gasteiger partial charge on any atom is 0.286 e. The predicted molar refractivity (Wildman–Crippen MR) is 113 cm³/mol. The van der Waals surface area contributed by atoms with E-state index in [1.54, 1.807) is 36.4 Å². The lowest BCUT2D eigenvalue weighted by Crippen LogP contribution is -2.23. The first-order valence-corrected chi connectivity index (χ1v) is 9.88. The SMILES string of the molecule is CC(=O)NC1=NC(=O)/C(=C/c2cc(Br)ccc2OCc2ccc([N+](=O)[O-])cc2)S1. The standard InChI is InChI=1S/C19H14BrN3O5S/c1-11(24)21-19-22-18(25)17(29-19)9-13-8-14(20)4-7-16(13)28-10-12-2-5-15(6-3-12)23(26)27/h2-9H,10H2,1H3,(H,21,22,24,25)/b17-9-. The molecule has 1 aliphatic rings. The van der Waals surface area contributed by atoms with Crippen LogP contribution in [-0.4, -0.2) is 21.9 Å². The molecule has 1 aliphatic heterocycles. The normalized spacial score (nSPS) is 14.6. The van der Waals surface area contributed by atoms with Crippen LogP contribution in [0.4, 0.5) is 5.69 Å². The number of aliphatic imine (C=N–C) groups is 1. The maximum absolute atomic E-state index is 12.1. The Morgan fingerprint density at radius 1 is 1.31 bits per heavy atom. The van der Waals surface area contributed by atoms with Gasteiger partial charge in [-0.1, -0.05) is 15.9 Å². The van der Waals surface area contributed by atoms with Crippen LogP contribution in [0.5, 0.6) is 5.75 Å². The van der Waals surface area contributed by atoms with Crippen molar-refractivity contribution in [1.29, 1.82) is 0 Å². The first kappa shape index (κ1) is 20.7. The molecule has 8 nitrogen and oxygen atoms in total. The summed E-state index contributed by atoms with van der Waals surface area (Å²) in [6.45, 7) is 1.54. The van der Waals surface area contributed by atoms with Crippen LogP contribution in [-0.2, 0) is 16.2 Å². The average Bonchev–Trinajstić information content (AvgIpc) is 2.99. The number of carbonyl (C=O) groups is 2. The van der Waals surface area contributed by atoms with E-state index in [0.29, 0.717) is 16.2 Å². The molecule has 29 heavy (non-hydrogen) atoms. The molecule has 0 unspecified atom stereocenters. The average molecular weight is 476 g/mol. The van der Waals surface area contributed by atoms with Crippen LogP contribution in [0.25, 0.3) is 6.08 Å². The number of benzene rings is 2. The van der Waals surface area contributed by atoms with Crippen LogP contribution in [0.2, 0.25) is 0 Å². The molecule has 2 aromatic carbocycles. The zero-order valence-electron chi connectivity index (χ0n) is 15.0. The van der Waals surface area contributed by atoms with E-state index in [9.17, 15) is 19.7 Å². The van der Waals surface area contributed by atoms with Gasteiger partial charge in [0.2, 0.25) is 5.91 Å². The third kappa shape index (κ3) is 5.52. The second-order valence-electron chi connectivity index (χ2n) is 5.91. The molecule has 0 radical (unpaired) electrons. The van der Waals surface area contributed by atoms with Crippen molar-refractivity contribution in [3.8, 4) is 5.75 Å². The number of carbonyl (C=O) groups excluding carboxylic acids is 2. The first-order valence-electron chi connectivity index (χ1n) is 8.27. The molecule has 0 spiro atoms. The Kier molecular flexibility index (Phi) is 6.45. The molecule has 0 aromatic heterocycles. The van der Waals surface area contributed by atoms with E-state index in [2.05, 4.69) is 26.2 Å². The molecule has 0 aliphatic carbocycles. The largest absolute Gasteiger partial charge is 0.488 e. The molecule has 0 saturated carbocycles. The van der Waals surface area contributed by atoms with E-state index in [1.165, 1.54) is 19.1 Å². The minimum atomic E-state index is -0.461. The number of amides is 2. The minimum Gasteiger partial charge on any atom is -0.488 e. The van der Waals surface area contributed by atoms with Gasteiger partial charge in [0.25, 0.3) is 11.6 Å². The summed E-state index contributed by atoms with van der Waals surface area (Å²) in [6.07, 6.45) is 1.64. The predicted octanol–water partition coefficient (Wildman–Crippen LogP) is 4.04. The van der Waals surface area contributed by atoms with Crippen molar-refractivity contribution >= 4 is 56.4 Å². The fraction of sp³-hybridized carbons (Fsp3) is 0.105. The molecular weight excluding hydrogens is 462 g/mol. The van der Waals surface area contributed by atoms with Crippen LogP contribution in [0.1, 0.15) is 18.1 Å². The van der Waals surface area contributed by atoms with Gasteiger partial charge in [-0.2, -0.15) is 4.99 Å². The molecule has 1 heterocycles. The highest BCUT2D eigenvalue weighted by Crippen LogP contribution is 2.32. The van der Waals surface area contributed by atoms with E-state index in [1.807, 2.05) is 0 Å². The highest BCUT2D eigenvalue weighted by atomic mass is 79.9. The molecular formula is C19H14BrN3O5S.